The van der Waals surface area contributed by atoms with Crippen LogP contribution in [0.2, 0.25) is 0 Å². The second kappa shape index (κ2) is 8.27. The molecule has 0 saturated carbocycles. The Balaban J connectivity index is 2.26. The molecular weight excluding hydrogens is 339 g/mol. The highest BCUT2D eigenvalue weighted by Crippen LogP contribution is 2.31. The van der Waals surface area contributed by atoms with Gasteiger partial charge in [-0.1, -0.05) is 0 Å². The molecule has 2 rings (SSSR count). The lowest BCUT2D eigenvalue weighted by atomic mass is 10.1. The van der Waals surface area contributed by atoms with Crippen molar-refractivity contribution in [2.24, 2.45) is 0 Å². The second-order valence-electron chi connectivity index (χ2n) is 4.77. The van der Waals surface area contributed by atoms with Gasteiger partial charge in [-0.25, -0.2) is 4.39 Å². The third-order valence-electron chi connectivity index (χ3n) is 3.13. The Kier molecular flexibility index (Phi) is 6.10. The molecule has 5 nitrogen and oxygen atoms in total. The van der Waals surface area contributed by atoms with E-state index in [4.69, 9.17) is 9.47 Å². The summed E-state index contributed by atoms with van der Waals surface area (Å²) in [7, 11) is 1.29. The molecular formula is C17H16F3NO4. The van der Waals surface area contributed by atoms with Crippen molar-refractivity contribution in [3.8, 4) is 17.2 Å². The molecule has 8 heteroatoms. The van der Waals surface area contributed by atoms with Crippen LogP contribution in [-0.2, 0) is 0 Å². The smallest absolute Gasteiger partial charge is 0.387 e. The molecule has 134 valence electrons. The first kappa shape index (κ1) is 18.4. The summed E-state index contributed by atoms with van der Waals surface area (Å²) in [5.41, 5.74) is 0.309. The Morgan fingerprint density at radius 1 is 1.12 bits per heavy atom. The molecule has 0 saturated heterocycles. The predicted octanol–water partition coefficient (Wildman–Crippen LogP) is 4.09. The lowest BCUT2D eigenvalue weighted by Crippen LogP contribution is -2.14. The number of nitrogens with one attached hydrogen (secondary N) is 1. The van der Waals surface area contributed by atoms with E-state index in [0.717, 1.165) is 18.2 Å². The maximum atomic E-state index is 13.3. The van der Waals surface area contributed by atoms with Crippen molar-refractivity contribution in [1.82, 2.24) is 0 Å². The van der Waals surface area contributed by atoms with Gasteiger partial charge in [0.15, 0.2) is 11.5 Å². The van der Waals surface area contributed by atoms with E-state index in [1.165, 1.54) is 25.3 Å². The quantitative estimate of drug-likeness (QED) is 0.813. The molecule has 2 aromatic rings. The molecule has 1 amide bonds. The average molecular weight is 355 g/mol. The lowest BCUT2D eigenvalue weighted by molar-refractivity contribution is -0.0512. The van der Waals surface area contributed by atoms with Crippen molar-refractivity contribution in [3.63, 3.8) is 0 Å². The molecule has 0 aromatic heterocycles. The Bertz CT molecular complexity index is 753. The summed E-state index contributed by atoms with van der Waals surface area (Å²) in [4.78, 5) is 12.3. The van der Waals surface area contributed by atoms with Crippen LogP contribution in [0, 0.1) is 5.82 Å². The molecule has 0 aliphatic heterocycles. The fourth-order valence-corrected chi connectivity index (χ4v) is 2.07. The molecule has 0 spiro atoms. The molecule has 0 bridgehead atoms. The summed E-state index contributed by atoms with van der Waals surface area (Å²) in [5.74, 6) is -1.16. The Morgan fingerprint density at radius 2 is 1.88 bits per heavy atom. The van der Waals surface area contributed by atoms with Crippen molar-refractivity contribution in [3.05, 3.63) is 47.8 Å². The normalized spacial score (nSPS) is 10.5. The minimum atomic E-state index is -3.06. The highest BCUT2D eigenvalue weighted by atomic mass is 19.3. The van der Waals surface area contributed by atoms with Crippen LogP contribution in [0.4, 0.5) is 18.9 Å². The summed E-state index contributed by atoms with van der Waals surface area (Å²) in [6.07, 6.45) is 0. The molecule has 2 aromatic carbocycles. The van der Waals surface area contributed by atoms with E-state index in [2.05, 4.69) is 10.1 Å². The monoisotopic (exact) mass is 355 g/mol. The summed E-state index contributed by atoms with van der Waals surface area (Å²) in [5, 5.41) is 2.54. The Morgan fingerprint density at radius 3 is 2.52 bits per heavy atom. The maximum absolute atomic E-state index is 13.3. The van der Waals surface area contributed by atoms with E-state index >= 15 is 0 Å². The summed E-state index contributed by atoms with van der Waals surface area (Å²) >= 11 is 0. The zero-order chi connectivity index (χ0) is 18.4. The highest BCUT2D eigenvalue weighted by Gasteiger charge is 2.16. The molecule has 0 aliphatic carbocycles. The summed E-state index contributed by atoms with van der Waals surface area (Å²) < 4.78 is 52.7. The van der Waals surface area contributed by atoms with Gasteiger partial charge in [-0.15, -0.1) is 0 Å². The van der Waals surface area contributed by atoms with Gasteiger partial charge in [0, 0.05) is 11.6 Å². The van der Waals surface area contributed by atoms with Crippen LogP contribution in [0.25, 0.3) is 0 Å². The van der Waals surface area contributed by atoms with Crippen LogP contribution in [0.15, 0.2) is 36.4 Å². The number of carbonyl (C=O) groups is 1. The van der Waals surface area contributed by atoms with Crippen LogP contribution in [-0.4, -0.2) is 26.2 Å². The summed E-state index contributed by atoms with van der Waals surface area (Å²) in [6, 6.07) is 7.50. The fraction of sp³-hybridized carbons (Fsp3) is 0.235. The number of methoxy groups -OCH3 is 1. The van der Waals surface area contributed by atoms with Crippen molar-refractivity contribution in [2.45, 2.75) is 13.5 Å². The number of benzene rings is 2. The number of ether oxygens (including phenoxy) is 3. The minimum absolute atomic E-state index is 0.0585. The zero-order valence-electron chi connectivity index (χ0n) is 13.5. The first-order valence-corrected chi connectivity index (χ1v) is 7.31. The van der Waals surface area contributed by atoms with E-state index in [9.17, 15) is 18.0 Å². The number of rotatable bonds is 7. The van der Waals surface area contributed by atoms with Crippen LogP contribution >= 0.6 is 0 Å². The highest BCUT2D eigenvalue weighted by molar-refractivity contribution is 6.05. The molecule has 1 N–H and O–H groups in total. The second-order valence-corrected chi connectivity index (χ2v) is 4.77. The van der Waals surface area contributed by atoms with E-state index in [1.54, 1.807) is 6.92 Å². The van der Waals surface area contributed by atoms with Gasteiger partial charge < -0.3 is 19.5 Å². The number of hydrogen-bond acceptors (Lipinski definition) is 4. The third-order valence-corrected chi connectivity index (χ3v) is 3.13. The predicted molar refractivity (Wildman–Crippen MR) is 85.1 cm³/mol. The molecule has 0 fully saturated rings. The van der Waals surface area contributed by atoms with Gasteiger partial charge >= 0.3 is 6.61 Å². The topological polar surface area (TPSA) is 56.8 Å². The van der Waals surface area contributed by atoms with Crippen LogP contribution in [0.1, 0.15) is 17.3 Å². The van der Waals surface area contributed by atoms with Crippen molar-refractivity contribution >= 4 is 11.6 Å². The van der Waals surface area contributed by atoms with Crippen molar-refractivity contribution in [1.29, 1.82) is 0 Å². The first-order chi connectivity index (χ1) is 11.9. The van der Waals surface area contributed by atoms with Crippen LogP contribution < -0.4 is 19.5 Å². The van der Waals surface area contributed by atoms with Gasteiger partial charge in [-0.05, 0) is 37.3 Å². The van der Waals surface area contributed by atoms with Gasteiger partial charge in [0.25, 0.3) is 5.91 Å². The molecule has 0 radical (unpaired) electrons. The molecule has 0 heterocycles. The Labute approximate surface area is 142 Å². The minimum Gasteiger partial charge on any atom is -0.493 e. The van der Waals surface area contributed by atoms with Gasteiger partial charge in [0.05, 0.1) is 19.4 Å². The van der Waals surface area contributed by atoms with E-state index < -0.39 is 18.3 Å². The average Bonchev–Trinajstić information content (AvgIpc) is 2.57. The Hall–Kier alpha value is -2.90. The third kappa shape index (κ3) is 4.79. The molecule has 0 atom stereocenters. The maximum Gasteiger partial charge on any atom is 0.387 e. The van der Waals surface area contributed by atoms with E-state index in [1.807, 2.05) is 0 Å². The lowest BCUT2D eigenvalue weighted by Gasteiger charge is -2.13. The molecule has 0 unspecified atom stereocenters. The van der Waals surface area contributed by atoms with E-state index in [0.29, 0.717) is 0 Å². The number of hydrogen-bond donors (Lipinski definition) is 1. The molecule has 0 aliphatic rings. The van der Waals surface area contributed by atoms with E-state index in [-0.39, 0.29) is 35.1 Å². The SMILES string of the molecule is CCOc1cc(F)ccc1NC(=O)c1ccc(OC)c(OC(F)F)c1. The number of carbonyl (C=O) groups excluding carboxylic acids is 1. The van der Waals surface area contributed by atoms with Gasteiger partial charge in [0.1, 0.15) is 11.6 Å². The number of halogens is 3. The zero-order valence-corrected chi connectivity index (χ0v) is 13.5. The first-order valence-electron chi connectivity index (χ1n) is 7.31. The molecule has 25 heavy (non-hydrogen) atoms. The van der Waals surface area contributed by atoms with Crippen LogP contribution in [0.5, 0.6) is 17.2 Å². The van der Waals surface area contributed by atoms with Gasteiger partial charge in [-0.2, -0.15) is 8.78 Å². The fourth-order valence-electron chi connectivity index (χ4n) is 2.07. The van der Waals surface area contributed by atoms with Gasteiger partial charge in [-0.3, -0.25) is 4.79 Å². The number of anilines is 1. The van der Waals surface area contributed by atoms with Crippen molar-refractivity contribution < 1.29 is 32.2 Å². The number of amides is 1. The van der Waals surface area contributed by atoms with Gasteiger partial charge in [0.2, 0.25) is 0 Å². The standard InChI is InChI=1S/C17H16F3NO4/c1-3-24-14-9-11(18)5-6-12(14)21-16(22)10-4-7-13(23-2)15(8-10)25-17(19)20/h4-9,17H,3H2,1-2H3,(H,21,22). The number of alkyl halides is 2. The summed E-state index contributed by atoms with van der Waals surface area (Å²) in [6.45, 7) is -1.07. The van der Waals surface area contributed by atoms with Crippen LogP contribution in [0.3, 0.4) is 0 Å². The van der Waals surface area contributed by atoms with Crippen molar-refractivity contribution in [2.75, 3.05) is 19.0 Å². The largest absolute Gasteiger partial charge is 0.493 e.